The van der Waals surface area contributed by atoms with Gasteiger partial charge in [-0.15, -0.1) is 0 Å². The number of aromatic nitrogens is 2. The van der Waals surface area contributed by atoms with Crippen LogP contribution >= 0.6 is 0 Å². The van der Waals surface area contributed by atoms with Crippen molar-refractivity contribution >= 4 is 5.97 Å². The Kier molecular flexibility index (Phi) is 3.06. The second kappa shape index (κ2) is 4.07. The van der Waals surface area contributed by atoms with Crippen molar-refractivity contribution in [3.05, 3.63) is 18.2 Å². The molecule has 0 saturated heterocycles. The van der Waals surface area contributed by atoms with E-state index >= 15 is 0 Å². The monoisotopic (exact) mass is 183 g/mol. The molecule has 4 nitrogen and oxygen atoms in total. The smallest absolute Gasteiger partial charge is 0.346 e. The van der Waals surface area contributed by atoms with Crippen LogP contribution in [0.15, 0.2) is 12.4 Å². The van der Waals surface area contributed by atoms with Crippen molar-refractivity contribution in [1.82, 2.24) is 4.57 Å². The molecule has 0 spiro atoms. The van der Waals surface area contributed by atoms with E-state index in [1.54, 1.807) is 10.8 Å². The molecule has 0 unspecified atom stereocenters. The van der Waals surface area contributed by atoms with Crippen molar-refractivity contribution in [2.24, 2.45) is 7.05 Å². The molecule has 0 aromatic carbocycles. The molecule has 0 aliphatic heterocycles. The van der Waals surface area contributed by atoms with Crippen molar-refractivity contribution in [3.8, 4) is 0 Å². The molecule has 0 fully saturated rings. The fraction of sp³-hybridized carbons (Fsp3) is 0.556. The molecule has 1 heterocycles. The van der Waals surface area contributed by atoms with Crippen molar-refractivity contribution in [1.29, 1.82) is 0 Å². The van der Waals surface area contributed by atoms with Gasteiger partial charge in [0.15, 0.2) is 6.54 Å². The Hall–Kier alpha value is -1.32. The fourth-order valence-corrected chi connectivity index (χ4v) is 1.39. The Morgan fingerprint density at radius 2 is 2.38 bits per heavy atom. The van der Waals surface area contributed by atoms with Gasteiger partial charge in [0.05, 0.1) is 7.05 Å². The fourth-order valence-electron chi connectivity index (χ4n) is 1.39. The molecular weight excluding hydrogens is 168 g/mol. The van der Waals surface area contributed by atoms with Crippen LogP contribution in [0.2, 0.25) is 0 Å². The standard InChI is InChI=1S/C9H14N2O2/c1-3-4-8-10(2)5-6-11(8)7-9(12)13/h5-6H,3-4,7H2,1-2H3/p+1. The van der Waals surface area contributed by atoms with E-state index in [2.05, 4.69) is 6.92 Å². The maximum absolute atomic E-state index is 10.5. The van der Waals surface area contributed by atoms with Crippen LogP contribution in [0.1, 0.15) is 19.2 Å². The number of nitrogens with zero attached hydrogens (tertiary/aromatic N) is 2. The predicted molar refractivity (Wildman–Crippen MR) is 47.2 cm³/mol. The molecule has 0 aliphatic rings. The summed E-state index contributed by atoms with van der Waals surface area (Å²) in [6, 6.07) is 0. The van der Waals surface area contributed by atoms with Gasteiger partial charge >= 0.3 is 5.97 Å². The molecule has 1 N–H and O–H groups in total. The summed E-state index contributed by atoms with van der Waals surface area (Å²) in [7, 11) is 1.93. The number of aryl methyl sites for hydroxylation is 1. The van der Waals surface area contributed by atoms with Gasteiger partial charge in [-0.1, -0.05) is 6.92 Å². The Morgan fingerprint density at radius 3 is 2.92 bits per heavy atom. The number of carboxylic acid groups (broad SMARTS) is 1. The highest BCUT2D eigenvalue weighted by Gasteiger charge is 2.15. The Balaban J connectivity index is 2.86. The number of rotatable bonds is 4. The first kappa shape index (κ1) is 9.77. The number of carbonyl (C=O) groups is 1. The first-order valence-corrected chi connectivity index (χ1v) is 4.40. The topological polar surface area (TPSA) is 46.1 Å². The predicted octanol–water partition coefficient (Wildman–Crippen LogP) is 0.350. The zero-order valence-electron chi connectivity index (χ0n) is 8.03. The van der Waals surface area contributed by atoms with Crippen molar-refractivity contribution in [2.45, 2.75) is 26.3 Å². The van der Waals surface area contributed by atoms with Crippen LogP contribution in [0.5, 0.6) is 0 Å². The van der Waals surface area contributed by atoms with E-state index in [9.17, 15) is 4.79 Å². The molecule has 0 aliphatic carbocycles. The van der Waals surface area contributed by atoms with E-state index in [4.69, 9.17) is 5.11 Å². The molecule has 4 heteroatoms. The van der Waals surface area contributed by atoms with Gasteiger partial charge < -0.3 is 5.11 Å². The van der Waals surface area contributed by atoms with Crippen molar-refractivity contribution in [3.63, 3.8) is 0 Å². The van der Waals surface area contributed by atoms with E-state index in [1.807, 2.05) is 17.8 Å². The van der Waals surface area contributed by atoms with Crippen LogP contribution in [0.3, 0.4) is 0 Å². The van der Waals surface area contributed by atoms with Crippen LogP contribution in [0.4, 0.5) is 0 Å². The van der Waals surface area contributed by atoms with Crippen LogP contribution in [0.25, 0.3) is 0 Å². The van der Waals surface area contributed by atoms with Gasteiger partial charge in [0, 0.05) is 6.42 Å². The maximum atomic E-state index is 10.5. The number of hydrogen-bond donors (Lipinski definition) is 1. The lowest BCUT2D eigenvalue weighted by molar-refractivity contribution is -0.678. The Bertz CT molecular complexity index is 305. The minimum absolute atomic E-state index is 0.0518. The molecule has 0 bridgehead atoms. The first-order chi connectivity index (χ1) is 6.15. The minimum Gasteiger partial charge on any atom is -0.478 e. The van der Waals surface area contributed by atoms with Gasteiger partial charge in [-0.2, -0.15) is 0 Å². The van der Waals surface area contributed by atoms with Crippen LogP contribution < -0.4 is 4.57 Å². The second-order valence-electron chi connectivity index (χ2n) is 3.10. The average Bonchev–Trinajstić information content (AvgIpc) is 2.35. The largest absolute Gasteiger partial charge is 0.478 e. The number of hydrogen-bond acceptors (Lipinski definition) is 1. The zero-order chi connectivity index (χ0) is 9.84. The van der Waals surface area contributed by atoms with Gasteiger partial charge in [0.2, 0.25) is 0 Å². The summed E-state index contributed by atoms with van der Waals surface area (Å²) in [5, 5.41) is 8.64. The molecule has 0 amide bonds. The highest BCUT2D eigenvalue weighted by Crippen LogP contribution is 1.98. The summed E-state index contributed by atoms with van der Waals surface area (Å²) >= 11 is 0. The van der Waals surface area contributed by atoms with Gasteiger partial charge in [0.1, 0.15) is 12.4 Å². The molecule has 0 radical (unpaired) electrons. The third-order valence-electron chi connectivity index (χ3n) is 1.99. The lowest BCUT2D eigenvalue weighted by atomic mass is 10.3. The molecule has 13 heavy (non-hydrogen) atoms. The van der Waals surface area contributed by atoms with Gasteiger partial charge in [0.25, 0.3) is 5.82 Å². The summed E-state index contributed by atoms with van der Waals surface area (Å²) in [5.41, 5.74) is 0. The third-order valence-corrected chi connectivity index (χ3v) is 1.99. The molecule has 1 aromatic rings. The molecule has 72 valence electrons. The van der Waals surface area contributed by atoms with E-state index < -0.39 is 5.97 Å². The quantitative estimate of drug-likeness (QED) is 0.685. The Labute approximate surface area is 77.4 Å². The van der Waals surface area contributed by atoms with Crippen LogP contribution in [-0.4, -0.2) is 15.6 Å². The van der Waals surface area contributed by atoms with E-state index in [0.29, 0.717) is 0 Å². The van der Waals surface area contributed by atoms with Gasteiger partial charge in [-0.3, -0.25) is 0 Å². The zero-order valence-corrected chi connectivity index (χ0v) is 8.03. The van der Waals surface area contributed by atoms with E-state index in [-0.39, 0.29) is 6.54 Å². The summed E-state index contributed by atoms with van der Waals surface area (Å²) in [6.07, 6.45) is 5.63. The highest BCUT2D eigenvalue weighted by atomic mass is 16.4. The van der Waals surface area contributed by atoms with Crippen molar-refractivity contribution < 1.29 is 14.5 Å². The van der Waals surface area contributed by atoms with Crippen molar-refractivity contribution in [2.75, 3.05) is 0 Å². The summed E-state index contributed by atoms with van der Waals surface area (Å²) in [6.45, 7) is 2.13. The average molecular weight is 183 g/mol. The molecule has 1 rings (SSSR count). The van der Waals surface area contributed by atoms with E-state index in [0.717, 1.165) is 18.7 Å². The summed E-state index contributed by atoms with van der Waals surface area (Å²) < 4.78 is 3.73. The highest BCUT2D eigenvalue weighted by molar-refractivity contribution is 5.66. The molecule has 0 atom stereocenters. The second-order valence-corrected chi connectivity index (χ2v) is 3.10. The maximum Gasteiger partial charge on any atom is 0.346 e. The SMILES string of the molecule is CCCc1n(CC(=O)O)cc[n+]1C. The van der Waals surface area contributed by atoms with Gasteiger partial charge in [-0.25, -0.2) is 13.9 Å². The Morgan fingerprint density at radius 1 is 1.69 bits per heavy atom. The summed E-state index contributed by atoms with van der Waals surface area (Å²) in [5.74, 6) is 0.262. The lowest BCUT2D eigenvalue weighted by Gasteiger charge is -1.97. The van der Waals surface area contributed by atoms with Crippen LogP contribution in [-0.2, 0) is 24.8 Å². The molecule has 0 saturated carbocycles. The number of carboxylic acids is 1. The normalized spacial score (nSPS) is 10.3. The lowest BCUT2D eigenvalue weighted by Crippen LogP contribution is -2.32. The van der Waals surface area contributed by atoms with Crippen LogP contribution in [0, 0.1) is 0 Å². The number of aliphatic carboxylic acids is 1. The molecular formula is C9H15N2O2+. The first-order valence-electron chi connectivity index (χ1n) is 4.40. The summed E-state index contributed by atoms with van der Waals surface area (Å²) in [4.78, 5) is 10.5. The van der Waals surface area contributed by atoms with E-state index in [1.165, 1.54) is 0 Å². The third kappa shape index (κ3) is 2.31. The molecule has 1 aromatic heterocycles. The number of imidazole rings is 1. The minimum atomic E-state index is -0.798. The van der Waals surface area contributed by atoms with Gasteiger partial charge in [-0.05, 0) is 6.42 Å².